The molecule has 0 radical (unpaired) electrons. The number of carbonyl (C=O) groups excluding carboxylic acids is 1. The van der Waals surface area contributed by atoms with E-state index in [1.165, 1.54) is 0 Å². The van der Waals surface area contributed by atoms with Gasteiger partial charge in [-0.2, -0.15) is 0 Å². The maximum Gasteiger partial charge on any atom is 0.229 e. The van der Waals surface area contributed by atoms with Crippen LogP contribution in [0, 0.1) is 5.92 Å². The molecule has 0 spiro atoms. The van der Waals surface area contributed by atoms with Crippen LogP contribution in [0.5, 0.6) is 0 Å². The SMILES string of the molecule is COCC(C)(C)N(Cc1ccccc1)C(=O)[C@@H]1CCO[C@@H]1C. The number of benzene rings is 1. The summed E-state index contributed by atoms with van der Waals surface area (Å²) in [5.41, 5.74) is 0.774. The average molecular weight is 305 g/mol. The Bertz CT molecular complexity index is 486. The molecule has 4 heteroatoms. The van der Waals surface area contributed by atoms with E-state index in [0.717, 1.165) is 12.0 Å². The summed E-state index contributed by atoms with van der Waals surface area (Å²) in [5.74, 6) is 0.107. The molecule has 1 aromatic rings. The average Bonchev–Trinajstić information content (AvgIpc) is 2.91. The van der Waals surface area contributed by atoms with Crippen molar-refractivity contribution in [3.8, 4) is 0 Å². The molecule has 0 unspecified atom stereocenters. The second-order valence-corrected chi connectivity index (χ2v) is 6.63. The van der Waals surface area contributed by atoms with E-state index >= 15 is 0 Å². The fraction of sp³-hybridized carbons (Fsp3) is 0.611. The minimum absolute atomic E-state index is 0.0101. The van der Waals surface area contributed by atoms with Crippen LogP contribution in [0.2, 0.25) is 0 Å². The molecule has 0 saturated carbocycles. The van der Waals surface area contributed by atoms with Gasteiger partial charge in [0.25, 0.3) is 0 Å². The summed E-state index contributed by atoms with van der Waals surface area (Å²) in [7, 11) is 1.67. The van der Waals surface area contributed by atoms with Crippen molar-refractivity contribution in [1.82, 2.24) is 4.90 Å². The third-order valence-electron chi connectivity index (χ3n) is 4.37. The van der Waals surface area contributed by atoms with Crippen molar-refractivity contribution in [2.75, 3.05) is 20.3 Å². The van der Waals surface area contributed by atoms with Crippen LogP contribution in [-0.2, 0) is 20.8 Å². The van der Waals surface area contributed by atoms with Crippen LogP contribution in [0.15, 0.2) is 30.3 Å². The summed E-state index contributed by atoms with van der Waals surface area (Å²) < 4.78 is 10.9. The van der Waals surface area contributed by atoms with E-state index in [2.05, 4.69) is 26.0 Å². The fourth-order valence-corrected chi connectivity index (χ4v) is 3.04. The summed E-state index contributed by atoms with van der Waals surface area (Å²) in [6.45, 7) is 7.86. The van der Waals surface area contributed by atoms with Gasteiger partial charge in [-0.15, -0.1) is 0 Å². The van der Waals surface area contributed by atoms with Gasteiger partial charge in [0, 0.05) is 20.3 Å². The van der Waals surface area contributed by atoms with E-state index in [4.69, 9.17) is 9.47 Å². The Morgan fingerprint density at radius 3 is 2.59 bits per heavy atom. The summed E-state index contributed by atoms with van der Waals surface area (Å²) in [4.78, 5) is 15.0. The first-order chi connectivity index (χ1) is 10.5. The van der Waals surface area contributed by atoms with Crippen molar-refractivity contribution >= 4 is 5.91 Å². The van der Waals surface area contributed by atoms with Crippen LogP contribution < -0.4 is 0 Å². The Kier molecular flexibility index (Phi) is 5.59. The van der Waals surface area contributed by atoms with Crippen molar-refractivity contribution in [2.24, 2.45) is 5.92 Å². The Balaban J connectivity index is 2.22. The lowest BCUT2D eigenvalue weighted by Crippen LogP contribution is -2.52. The lowest BCUT2D eigenvalue weighted by molar-refractivity contribution is -0.145. The van der Waals surface area contributed by atoms with Gasteiger partial charge in [-0.05, 0) is 32.8 Å². The third kappa shape index (κ3) is 3.87. The van der Waals surface area contributed by atoms with Crippen molar-refractivity contribution in [2.45, 2.75) is 45.4 Å². The number of nitrogens with zero attached hydrogens (tertiary/aromatic N) is 1. The second kappa shape index (κ2) is 7.25. The van der Waals surface area contributed by atoms with Gasteiger partial charge < -0.3 is 14.4 Å². The van der Waals surface area contributed by atoms with Crippen LogP contribution in [-0.4, -0.2) is 42.8 Å². The smallest absolute Gasteiger partial charge is 0.229 e. The first-order valence-corrected chi connectivity index (χ1v) is 7.91. The van der Waals surface area contributed by atoms with Gasteiger partial charge in [-0.1, -0.05) is 30.3 Å². The molecular formula is C18H27NO3. The molecule has 0 N–H and O–H groups in total. The molecule has 2 rings (SSSR count). The number of ether oxygens (including phenoxy) is 2. The van der Waals surface area contributed by atoms with Crippen LogP contribution >= 0.6 is 0 Å². The molecule has 0 bridgehead atoms. The van der Waals surface area contributed by atoms with E-state index in [9.17, 15) is 4.79 Å². The number of rotatable bonds is 6. The van der Waals surface area contributed by atoms with E-state index in [-0.39, 0.29) is 23.5 Å². The number of hydrogen-bond acceptors (Lipinski definition) is 3. The number of amides is 1. The monoisotopic (exact) mass is 305 g/mol. The predicted octanol–water partition coefficient (Wildman–Crippen LogP) is 2.87. The van der Waals surface area contributed by atoms with Crippen LogP contribution in [0.1, 0.15) is 32.8 Å². The van der Waals surface area contributed by atoms with Gasteiger partial charge >= 0.3 is 0 Å². The molecule has 1 fully saturated rings. The van der Waals surface area contributed by atoms with Gasteiger partial charge in [0.1, 0.15) is 0 Å². The van der Waals surface area contributed by atoms with Gasteiger partial charge in [-0.3, -0.25) is 4.79 Å². The third-order valence-corrected chi connectivity index (χ3v) is 4.37. The minimum atomic E-state index is -0.357. The molecule has 0 aliphatic carbocycles. The zero-order chi connectivity index (χ0) is 16.2. The van der Waals surface area contributed by atoms with Crippen molar-refractivity contribution in [1.29, 1.82) is 0 Å². The lowest BCUT2D eigenvalue weighted by atomic mass is 9.95. The van der Waals surface area contributed by atoms with E-state index in [0.29, 0.717) is 19.8 Å². The van der Waals surface area contributed by atoms with Crippen LogP contribution in [0.4, 0.5) is 0 Å². The normalized spacial score (nSPS) is 21.8. The summed E-state index contributed by atoms with van der Waals surface area (Å²) >= 11 is 0. The molecule has 2 atom stereocenters. The lowest BCUT2D eigenvalue weighted by Gasteiger charge is -2.40. The summed E-state index contributed by atoms with van der Waals surface area (Å²) in [6.07, 6.45) is 0.790. The van der Waals surface area contributed by atoms with E-state index in [1.807, 2.05) is 30.0 Å². The summed E-state index contributed by atoms with van der Waals surface area (Å²) in [5, 5.41) is 0. The zero-order valence-electron chi connectivity index (χ0n) is 14.0. The van der Waals surface area contributed by atoms with Gasteiger partial charge in [0.15, 0.2) is 0 Å². The first-order valence-electron chi connectivity index (χ1n) is 7.91. The fourth-order valence-electron chi connectivity index (χ4n) is 3.04. The highest BCUT2D eigenvalue weighted by Gasteiger charge is 2.39. The highest BCUT2D eigenvalue weighted by Crippen LogP contribution is 2.28. The largest absolute Gasteiger partial charge is 0.382 e. The minimum Gasteiger partial charge on any atom is -0.382 e. The first kappa shape index (κ1) is 17.0. The van der Waals surface area contributed by atoms with Gasteiger partial charge in [0.05, 0.1) is 24.2 Å². The topological polar surface area (TPSA) is 38.8 Å². The second-order valence-electron chi connectivity index (χ2n) is 6.63. The molecular weight excluding hydrogens is 278 g/mol. The highest BCUT2D eigenvalue weighted by atomic mass is 16.5. The molecule has 0 aromatic heterocycles. The highest BCUT2D eigenvalue weighted by molar-refractivity contribution is 5.80. The number of methoxy groups -OCH3 is 1. The molecule has 1 amide bonds. The van der Waals surface area contributed by atoms with Crippen molar-refractivity contribution in [3.05, 3.63) is 35.9 Å². The summed E-state index contributed by atoms with van der Waals surface area (Å²) in [6, 6.07) is 10.1. The number of hydrogen-bond donors (Lipinski definition) is 0. The Labute approximate surface area is 133 Å². The molecule has 1 aliphatic heterocycles. The number of carbonyl (C=O) groups is 1. The molecule has 122 valence electrons. The predicted molar refractivity (Wildman–Crippen MR) is 86.5 cm³/mol. The molecule has 1 saturated heterocycles. The van der Waals surface area contributed by atoms with Gasteiger partial charge in [-0.25, -0.2) is 0 Å². The maximum atomic E-state index is 13.1. The van der Waals surface area contributed by atoms with Crippen molar-refractivity contribution < 1.29 is 14.3 Å². The Morgan fingerprint density at radius 1 is 1.36 bits per heavy atom. The molecule has 4 nitrogen and oxygen atoms in total. The Morgan fingerprint density at radius 2 is 2.05 bits per heavy atom. The molecule has 22 heavy (non-hydrogen) atoms. The molecule has 1 aromatic carbocycles. The van der Waals surface area contributed by atoms with E-state index < -0.39 is 0 Å². The Hall–Kier alpha value is -1.39. The molecule has 1 aliphatic rings. The zero-order valence-corrected chi connectivity index (χ0v) is 14.0. The van der Waals surface area contributed by atoms with E-state index in [1.54, 1.807) is 7.11 Å². The van der Waals surface area contributed by atoms with Crippen LogP contribution in [0.25, 0.3) is 0 Å². The molecule has 1 heterocycles. The quantitative estimate of drug-likeness (QED) is 0.811. The van der Waals surface area contributed by atoms with Gasteiger partial charge in [0.2, 0.25) is 5.91 Å². The maximum absolute atomic E-state index is 13.1. The van der Waals surface area contributed by atoms with Crippen molar-refractivity contribution in [3.63, 3.8) is 0 Å². The standard InChI is InChI=1S/C18H27NO3/c1-14-16(10-11-22-14)17(20)19(18(2,3)13-21-4)12-15-8-6-5-7-9-15/h5-9,14,16H,10-13H2,1-4H3/t14-,16-/m1/s1. The van der Waals surface area contributed by atoms with Crippen LogP contribution in [0.3, 0.4) is 0 Å².